The standard InChI is InChI=1S/C60H36N4S/c1-7-19-51-41(13-1)42-14-2-8-20-52(42)61(51)37-25-29-57-47(33-37)48-34-38(62-53-21-9-3-15-43(53)44-16-4-10-22-54(44)62)26-30-58(48)64(57)40-28-32-60-50(36-40)49-35-39(27-31-59(49)65-60)63-55-23-11-5-17-45(55)46-18-6-12-24-56(46)63/h1-36H. The SMILES string of the molecule is c1ccc2c(c1)c1ccccc1n2-c1ccc2sc3ccc(-n4c5ccc(-n6c7ccccc7c7ccccc76)cc5c5cc(-n6c7ccccc7c7ccccc76)ccc54)cc3c2c1. The summed E-state index contributed by atoms with van der Waals surface area (Å²) in [5.74, 6) is 0. The van der Waals surface area contributed by atoms with Crippen LogP contribution in [0.2, 0.25) is 0 Å². The van der Waals surface area contributed by atoms with E-state index in [1.807, 2.05) is 11.3 Å². The second kappa shape index (κ2) is 13.1. The number of rotatable bonds is 4. The van der Waals surface area contributed by atoms with Gasteiger partial charge < -0.3 is 18.3 Å². The Kier molecular flexibility index (Phi) is 7.07. The third-order valence-corrected chi connectivity index (χ3v) is 15.1. The zero-order chi connectivity index (χ0) is 42.3. The van der Waals surface area contributed by atoms with Gasteiger partial charge in [-0.05, 0) is 109 Å². The van der Waals surface area contributed by atoms with Crippen LogP contribution in [0, 0.1) is 0 Å². The maximum Gasteiger partial charge on any atom is 0.0542 e. The molecule has 4 nitrogen and oxygen atoms in total. The normalized spacial score (nSPS) is 12.3. The third kappa shape index (κ3) is 4.85. The van der Waals surface area contributed by atoms with Crippen LogP contribution in [-0.2, 0) is 0 Å². The van der Waals surface area contributed by atoms with Gasteiger partial charge in [-0.15, -0.1) is 11.3 Å². The molecule has 0 saturated heterocycles. The van der Waals surface area contributed by atoms with Crippen LogP contribution >= 0.6 is 11.3 Å². The highest BCUT2D eigenvalue weighted by Gasteiger charge is 2.20. The molecule has 5 heteroatoms. The van der Waals surface area contributed by atoms with Crippen LogP contribution in [0.15, 0.2) is 218 Å². The van der Waals surface area contributed by atoms with E-state index in [1.165, 1.54) is 113 Å². The van der Waals surface area contributed by atoms with Crippen molar-refractivity contribution in [2.45, 2.75) is 0 Å². The van der Waals surface area contributed by atoms with Crippen LogP contribution in [-0.4, -0.2) is 18.3 Å². The molecule has 65 heavy (non-hydrogen) atoms. The lowest BCUT2D eigenvalue weighted by molar-refractivity contribution is 1.16. The summed E-state index contributed by atoms with van der Waals surface area (Å²) in [5.41, 5.74) is 14.2. The van der Waals surface area contributed by atoms with Gasteiger partial charge in [-0.1, -0.05) is 109 Å². The van der Waals surface area contributed by atoms with E-state index in [1.54, 1.807) is 0 Å². The van der Waals surface area contributed by atoms with Crippen molar-refractivity contribution in [3.8, 4) is 22.7 Å². The van der Waals surface area contributed by atoms with E-state index >= 15 is 0 Å². The molecule has 0 spiro atoms. The first-order valence-corrected chi connectivity index (χ1v) is 23.1. The molecule has 10 aromatic carbocycles. The number of para-hydroxylation sites is 6. The third-order valence-electron chi connectivity index (χ3n) is 13.9. The maximum atomic E-state index is 2.48. The summed E-state index contributed by atoms with van der Waals surface area (Å²) in [5, 5.41) is 12.6. The summed E-state index contributed by atoms with van der Waals surface area (Å²) in [7, 11) is 0. The van der Waals surface area contributed by atoms with Crippen LogP contribution in [0.1, 0.15) is 0 Å². The lowest BCUT2D eigenvalue weighted by Crippen LogP contribution is -1.96. The molecule has 0 aliphatic heterocycles. The summed E-state index contributed by atoms with van der Waals surface area (Å²) in [4.78, 5) is 0. The smallest absolute Gasteiger partial charge is 0.0542 e. The van der Waals surface area contributed by atoms with Crippen molar-refractivity contribution in [2.24, 2.45) is 0 Å². The van der Waals surface area contributed by atoms with E-state index in [-0.39, 0.29) is 0 Å². The minimum absolute atomic E-state index is 1.15. The monoisotopic (exact) mass is 844 g/mol. The van der Waals surface area contributed by atoms with Gasteiger partial charge in [0.15, 0.2) is 0 Å². The quantitative estimate of drug-likeness (QED) is 0.168. The van der Waals surface area contributed by atoms with Gasteiger partial charge in [0, 0.05) is 86.0 Å². The summed E-state index contributed by atoms with van der Waals surface area (Å²) in [6.45, 7) is 0. The fraction of sp³-hybridized carbons (Fsp3) is 0. The molecular weight excluding hydrogens is 809 g/mol. The average molecular weight is 845 g/mol. The van der Waals surface area contributed by atoms with Crippen LogP contribution in [0.5, 0.6) is 0 Å². The molecule has 0 fully saturated rings. The van der Waals surface area contributed by atoms with Gasteiger partial charge in [-0.25, -0.2) is 0 Å². The minimum atomic E-state index is 1.15. The molecule has 0 atom stereocenters. The van der Waals surface area contributed by atoms with E-state index in [9.17, 15) is 0 Å². The Balaban J connectivity index is 0.988. The first-order valence-electron chi connectivity index (χ1n) is 22.3. The van der Waals surface area contributed by atoms with Gasteiger partial charge in [0.05, 0.1) is 44.1 Å². The van der Waals surface area contributed by atoms with Crippen LogP contribution < -0.4 is 0 Å². The Bertz CT molecular complexity index is 4160. The fourth-order valence-electron chi connectivity index (χ4n) is 11.2. The summed E-state index contributed by atoms with van der Waals surface area (Å²) >= 11 is 1.87. The molecule has 15 aromatic rings. The molecule has 0 unspecified atom stereocenters. The van der Waals surface area contributed by atoms with Crippen LogP contribution in [0.3, 0.4) is 0 Å². The van der Waals surface area contributed by atoms with Crippen molar-refractivity contribution in [1.82, 2.24) is 18.3 Å². The zero-order valence-corrected chi connectivity index (χ0v) is 35.8. The predicted octanol–water partition coefficient (Wildman–Crippen LogP) is 16.4. The Hall–Kier alpha value is -8.38. The van der Waals surface area contributed by atoms with Crippen molar-refractivity contribution >= 4 is 119 Å². The van der Waals surface area contributed by atoms with E-state index in [0.717, 1.165) is 17.1 Å². The van der Waals surface area contributed by atoms with Crippen LogP contribution in [0.4, 0.5) is 0 Å². The Morgan fingerprint density at radius 2 is 0.431 bits per heavy atom. The molecule has 15 rings (SSSR count). The number of aromatic nitrogens is 4. The van der Waals surface area contributed by atoms with Gasteiger partial charge in [-0.2, -0.15) is 0 Å². The molecule has 0 saturated carbocycles. The van der Waals surface area contributed by atoms with Gasteiger partial charge >= 0.3 is 0 Å². The number of nitrogens with zero attached hydrogens (tertiary/aromatic N) is 4. The lowest BCUT2D eigenvalue weighted by Gasteiger charge is -2.11. The fourth-order valence-corrected chi connectivity index (χ4v) is 12.3. The largest absolute Gasteiger partial charge is 0.309 e. The second-order valence-electron chi connectivity index (χ2n) is 17.3. The summed E-state index contributed by atoms with van der Waals surface area (Å²) in [6, 6.07) is 80.8. The van der Waals surface area contributed by atoms with Gasteiger partial charge in [0.25, 0.3) is 0 Å². The highest BCUT2D eigenvalue weighted by molar-refractivity contribution is 7.25. The molecule has 0 aliphatic carbocycles. The number of thiophene rings is 1. The van der Waals surface area contributed by atoms with Crippen LogP contribution in [0.25, 0.3) is 130 Å². The Labute approximate surface area is 376 Å². The molecule has 302 valence electrons. The topological polar surface area (TPSA) is 19.7 Å². The molecule has 0 amide bonds. The number of hydrogen-bond acceptors (Lipinski definition) is 1. The number of fused-ring (bicyclic) bond motifs is 15. The first kappa shape index (κ1) is 35.1. The van der Waals surface area contributed by atoms with E-state index in [4.69, 9.17) is 0 Å². The molecule has 0 N–H and O–H groups in total. The molecule has 0 aliphatic rings. The van der Waals surface area contributed by atoms with E-state index in [2.05, 4.69) is 237 Å². The Morgan fingerprint density at radius 3 is 0.723 bits per heavy atom. The highest BCUT2D eigenvalue weighted by atomic mass is 32.1. The number of benzene rings is 10. The molecule has 5 aromatic heterocycles. The predicted molar refractivity (Wildman–Crippen MR) is 277 cm³/mol. The van der Waals surface area contributed by atoms with E-state index in [0.29, 0.717) is 0 Å². The van der Waals surface area contributed by atoms with E-state index < -0.39 is 0 Å². The van der Waals surface area contributed by atoms with Crippen molar-refractivity contribution in [2.75, 3.05) is 0 Å². The first-order chi connectivity index (χ1) is 32.2. The van der Waals surface area contributed by atoms with Crippen molar-refractivity contribution in [3.05, 3.63) is 218 Å². The Morgan fingerprint density at radius 1 is 0.200 bits per heavy atom. The average Bonchev–Trinajstić information content (AvgIpc) is 4.16. The maximum absolute atomic E-state index is 2.48. The highest BCUT2D eigenvalue weighted by Crippen LogP contribution is 2.42. The van der Waals surface area contributed by atoms with Gasteiger partial charge in [0.1, 0.15) is 0 Å². The van der Waals surface area contributed by atoms with Crippen molar-refractivity contribution in [3.63, 3.8) is 0 Å². The minimum Gasteiger partial charge on any atom is -0.309 e. The second-order valence-corrected chi connectivity index (χ2v) is 18.4. The van der Waals surface area contributed by atoms with Gasteiger partial charge in [0.2, 0.25) is 0 Å². The summed E-state index contributed by atoms with van der Waals surface area (Å²) in [6.07, 6.45) is 0. The molecule has 0 radical (unpaired) electrons. The zero-order valence-electron chi connectivity index (χ0n) is 35.0. The van der Waals surface area contributed by atoms with Crippen molar-refractivity contribution in [1.29, 1.82) is 0 Å². The number of hydrogen-bond donors (Lipinski definition) is 0. The molecule has 0 bridgehead atoms. The van der Waals surface area contributed by atoms with Gasteiger partial charge in [-0.3, -0.25) is 0 Å². The molecule has 5 heterocycles. The molecular formula is C60H36N4S. The lowest BCUT2D eigenvalue weighted by atomic mass is 10.1. The summed E-state index contributed by atoms with van der Waals surface area (Å²) < 4.78 is 12.3. The van der Waals surface area contributed by atoms with Crippen molar-refractivity contribution < 1.29 is 0 Å².